The molecule has 2 aromatic rings. The van der Waals surface area contributed by atoms with Crippen molar-refractivity contribution in [2.75, 3.05) is 0 Å². The van der Waals surface area contributed by atoms with Gasteiger partial charge < -0.3 is 0 Å². The van der Waals surface area contributed by atoms with Gasteiger partial charge in [0.25, 0.3) is 0 Å². The van der Waals surface area contributed by atoms with Gasteiger partial charge in [-0.15, -0.1) is 6.58 Å². The van der Waals surface area contributed by atoms with Crippen LogP contribution in [0.3, 0.4) is 0 Å². The van der Waals surface area contributed by atoms with Gasteiger partial charge in [-0.2, -0.15) is 0 Å². The van der Waals surface area contributed by atoms with Crippen molar-refractivity contribution in [3.8, 4) is 0 Å². The van der Waals surface area contributed by atoms with Gasteiger partial charge in [-0.25, -0.2) is 0 Å². The van der Waals surface area contributed by atoms with E-state index >= 15 is 0 Å². The van der Waals surface area contributed by atoms with Gasteiger partial charge in [-0.3, -0.25) is 0 Å². The van der Waals surface area contributed by atoms with Gasteiger partial charge in [0.05, 0.1) is 0 Å². The summed E-state index contributed by atoms with van der Waals surface area (Å²) in [5.74, 6) is 3.79. The Hall–Kier alpha value is -1.56. The fourth-order valence-electron chi connectivity index (χ4n) is 6.53. The number of unbranched alkanes of at least 4 members (excludes halogenated alkanes) is 2. The highest BCUT2D eigenvalue weighted by molar-refractivity contribution is 5.84. The maximum Gasteiger partial charge on any atom is -0.0162 e. The Morgan fingerprint density at radius 3 is 2.19 bits per heavy atom. The number of hydrogen-bond acceptors (Lipinski definition) is 0. The van der Waals surface area contributed by atoms with Crippen molar-refractivity contribution in [2.45, 2.75) is 103 Å². The van der Waals surface area contributed by atoms with Crippen LogP contribution < -0.4 is 0 Å². The molecule has 0 N–H and O–H groups in total. The van der Waals surface area contributed by atoms with Gasteiger partial charge in [-0.1, -0.05) is 75.1 Å². The highest BCUT2D eigenvalue weighted by Gasteiger charge is 2.31. The molecule has 168 valence electrons. The van der Waals surface area contributed by atoms with E-state index in [0.29, 0.717) is 0 Å². The maximum atomic E-state index is 3.90. The number of aryl methyl sites for hydroxylation is 1. The first-order chi connectivity index (χ1) is 15.3. The monoisotopic (exact) mass is 416 g/mol. The van der Waals surface area contributed by atoms with E-state index in [0.717, 1.165) is 23.7 Å². The number of hydrogen-bond donors (Lipinski definition) is 0. The van der Waals surface area contributed by atoms with Crippen LogP contribution in [0.15, 0.2) is 49.1 Å². The van der Waals surface area contributed by atoms with E-state index in [2.05, 4.69) is 56.0 Å². The largest absolute Gasteiger partial charge is 0.103 e. The van der Waals surface area contributed by atoms with Crippen molar-refractivity contribution in [3.63, 3.8) is 0 Å². The molecule has 0 spiro atoms. The molecular weight excluding hydrogens is 372 g/mol. The zero-order valence-electron chi connectivity index (χ0n) is 20.0. The molecular formula is C31H44. The van der Waals surface area contributed by atoms with E-state index in [4.69, 9.17) is 0 Å². The van der Waals surface area contributed by atoms with Gasteiger partial charge in [-0.05, 0) is 110 Å². The van der Waals surface area contributed by atoms with Gasteiger partial charge in [0.2, 0.25) is 0 Å². The van der Waals surface area contributed by atoms with Crippen LogP contribution >= 0.6 is 0 Å². The second kappa shape index (κ2) is 11.3. The molecule has 31 heavy (non-hydrogen) atoms. The minimum atomic E-state index is 0.786. The first-order valence-electron chi connectivity index (χ1n) is 13.4. The molecule has 2 aromatic carbocycles. The van der Waals surface area contributed by atoms with E-state index in [9.17, 15) is 0 Å². The van der Waals surface area contributed by atoms with Gasteiger partial charge in [0.15, 0.2) is 0 Å². The Labute approximate surface area is 191 Å². The Bertz CT molecular complexity index is 815. The minimum absolute atomic E-state index is 0.786. The van der Waals surface area contributed by atoms with Crippen LogP contribution in [-0.2, 0) is 6.42 Å². The molecule has 0 heterocycles. The molecule has 4 rings (SSSR count). The van der Waals surface area contributed by atoms with E-state index in [-0.39, 0.29) is 0 Å². The molecule has 0 nitrogen and oxygen atoms in total. The third-order valence-corrected chi connectivity index (χ3v) is 8.58. The van der Waals surface area contributed by atoms with Gasteiger partial charge in [0.1, 0.15) is 0 Å². The molecule has 0 radical (unpaired) electrons. The predicted molar refractivity (Wildman–Crippen MR) is 137 cm³/mol. The molecule has 0 aliphatic heterocycles. The fraction of sp³-hybridized carbons (Fsp3) is 0.613. The first-order valence-corrected chi connectivity index (χ1v) is 13.4. The van der Waals surface area contributed by atoms with Gasteiger partial charge in [0, 0.05) is 0 Å². The summed E-state index contributed by atoms with van der Waals surface area (Å²) in [4.78, 5) is 0. The van der Waals surface area contributed by atoms with Crippen LogP contribution in [0, 0.1) is 17.8 Å². The first kappa shape index (κ1) is 22.6. The third kappa shape index (κ3) is 6.03. The smallest absolute Gasteiger partial charge is 0.0162 e. The Morgan fingerprint density at radius 2 is 1.48 bits per heavy atom. The molecule has 2 saturated carbocycles. The molecule has 0 bridgehead atoms. The molecule has 2 aliphatic rings. The van der Waals surface area contributed by atoms with Crippen LogP contribution in [0.25, 0.3) is 10.8 Å². The molecule has 0 aromatic heterocycles. The number of rotatable bonds is 9. The molecule has 0 saturated heterocycles. The topological polar surface area (TPSA) is 0 Å². The summed E-state index contributed by atoms with van der Waals surface area (Å²) in [7, 11) is 0. The average molecular weight is 417 g/mol. The van der Waals surface area contributed by atoms with Gasteiger partial charge >= 0.3 is 0 Å². The third-order valence-electron chi connectivity index (χ3n) is 8.58. The van der Waals surface area contributed by atoms with Crippen LogP contribution in [0.4, 0.5) is 0 Å². The summed E-state index contributed by atoms with van der Waals surface area (Å²) in [6.45, 7) is 6.18. The molecule has 0 heteroatoms. The highest BCUT2D eigenvalue weighted by Crippen LogP contribution is 2.44. The lowest BCUT2D eigenvalue weighted by atomic mass is 9.68. The average Bonchev–Trinajstić information content (AvgIpc) is 2.83. The fourth-order valence-corrected chi connectivity index (χ4v) is 6.53. The van der Waals surface area contributed by atoms with Crippen LogP contribution in [0.1, 0.15) is 107 Å². The van der Waals surface area contributed by atoms with Crippen LogP contribution in [0.2, 0.25) is 0 Å². The van der Waals surface area contributed by atoms with Crippen molar-refractivity contribution >= 4 is 10.8 Å². The van der Waals surface area contributed by atoms with Crippen molar-refractivity contribution in [1.29, 1.82) is 0 Å². The van der Waals surface area contributed by atoms with E-state index in [1.165, 1.54) is 106 Å². The summed E-state index contributed by atoms with van der Waals surface area (Å²) in [5, 5.41) is 2.87. The predicted octanol–water partition coefficient (Wildman–Crippen LogP) is 9.62. The van der Waals surface area contributed by atoms with Crippen LogP contribution in [0.5, 0.6) is 0 Å². The molecule has 2 fully saturated rings. The minimum Gasteiger partial charge on any atom is -0.103 e. The Balaban J connectivity index is 1.29. The SMILES string of the molecule is C=CCCC1CCC(C2CCC(c3ccc4cc(CCCCC)ccc4c3)CC2)CC1. The standard InChI is InChI=1S/C31H44/c1-3-5-7-9-25-12-15-31-23-30(21-20-29(31)22-25)28-18-16-27(17-19-28)26-13-10-24(11-14-26)8-6-4-2/h4,12,15,20-24,26-28H,2-3,5-11,13-14,16-19H2,1H3. The Morgan fingerprint density at radius 1 is 0.806 bits per heavy atom. The molecule has 0 unspecified atom stereocenters. The number of allylic oxidation sites excluding steroid dienone is 1. The second-order valence-corrected chi connectivity index (χ2v) is 10.7. The quantitative estimate of drug-likeness (QED) is 0.282. The van der Waals surface area contributed by atoms with E-state index < -0.39 is 0 Å². The van der Waals surface area contributed by atoms with E-state index in [1.54, 1.807) is 5.56 Å². The Kier molecular flexibility index (Phi) is 8.28. The zero-order valence-corrected chi connectivity index (χ0v) is 20.0. The number of fused-ring (bicyclic) bond motifs is 1. The van der Waals surface area contributed by atoms with Crippen molar-refractivity contribution in [3.05, 3.63) is 60.2 Å². The molecule has 2 aliphatic carbocycles. The highest BCUT2D eigenvalue weighted by atomic mass is 14.4. The summed E-state index contributed by atoms with van der Waals surface area (Å²) in [5.41, 5.74) is 3.10. The lowest BCUT2D eigenvalue weighted by Crippen LogP contribution is -2.25. The summed E-state index contributed by atoms with van der Waals surface area (Å²) >= 11 is 0. The van der Waals surface area contributed by atoms with Crippen molar-refractivity contribution < 1.29 is 0 Å². The normalized spacial score (nSPS) is 26.7. The number of benzene rings is 2. The summed E-state index contributed by atoms with van der Waals surface area (Å²) < 4.78 is 0. The summed E-state index contributed by atoms with van der Waals surface area (Å²) in [6.07, 6.45) is 21.6. The lowest BCUT2D eigenvalue weighted by Gasteiger charge is -2.38. The molecule has 0 amide bonds. The van der Waals surface area contributed by atoms with Crippen molar-refractivity contribution in [1.82, 2.24) is 0 Å². The second-order valence-electron chi connectivity index (χ2n) is 10.7. The molecule has 0 atom stereocenters. The van der Waals surface area contributed by atoms with Crippen LogP contribution in [-0.4, -0.2) is 0 Å². The summed E-state index contributed by atoms with van der Waals surface area (Å²) in [6, 6.07) is 14.5. The van der Waals surface area contributed by atoms with Crippen molar-refractivity contribution in [2.24, 2.45) is 17.8 Å². The van der Waals surface area contributed by atoms with E-state index in [1.807, 2.05) is 0 Å². The maximum absolute atomic E-state index is 3.90. The zero-order chi connectivity index (χ0) is 21.5. The lowest BCUT2D eigenvalue weighted by molar-refractivity contribution is 0.157.